The molecule has 3 amide bonds. The van der Waals surface area contributed by atoms with E-state index in [0.717, 1.165) is 12.0 Å². The summed E-state index contributed by atoms with van der Waals surface area (Å²) in [5.74, 6) is -0.552. The molecule has 0 saturated heterocycles. The number of hydrogen-bond acceptors (Lipinski definition) is 4. The van der Waals surface area contributed by atoms with E-state index in [1.807, 2.05) is 18.2 Å². The van der Waals surface area contributed by atoms with Crippen LogP contribution in [0.1, 0.15) is 53.7 Å². The third kappa shape index (κ3) is 4.74. The van der Waals surface area contributed by atoms with Crippen molar-refractivity contribution >= 4 is 29.3 Å². The Morgan fingerprint density at radius 2 is 1.97 bits per heavy atom. The Balaban J connectivity index is 1.74. The molecule has 8 nitrogen and oxygen atoms in total. The Labute approximate surface area is 186 Å². The maximum Gasteiger partial charge on any atom is 0.272 e. The fraction of sp³-hybridized carbons (Fsp3) is 0.455. The Kier molecular flexibility index (Phi) is 6.69. The molecule has 1 aromatic heterocycles. The lowest BCUT2D eigenvalue weighted by atomic mass is 9.95. The standard InChI is InChI=1S/C22H28ClN5O3/c1-14(2)9-10-24-21(31)22(3)13-28-18(20(30)27(22)4)11-17(26-28)19(29)25-12-15-7-5-6-8-16(15)23/h5-8,11,14H,9-10,12-13H2,1-4H3,(H,24,31)(H,25,29)/t22-/m1/s1. The van der Waals surface area contributed by atoms with Gasteiger partial charge in [0.25, 0.3) is 11.8 Å². The summed E-state index contributed by atoms with van der Waals surface area (Å²) in [5, 5.41) is 10.5. The second-order valence-electron chi connectivity index (χ2n) is 8.42. The summed E-state index contributed by atoms with van der Waals surface area (Å²) in [5.41, 5.74) is 0.0762. The number of amides is 3. The molecule has 1 atom stereocenters. The summed E-state index contributed by atoms with van der Waals surface area (Å²) in [7, 11) is 1.60. The van der Waals surface area contributed by atoms with Crippen molar-refractivity contribution < 1.29 is 14.4 Å². The highest BCUT2D eigenvalue weighted by Gasteiger charge is 2.46. The van der Waals surface area contributed by atoms with E-state index < -0.39 is 11.4 Å². The Bertz CT molecular complexity index is 1000. The van der Waals surface area contributed by atoms with E-state index in [4.69, 9.17) is 11.6 Å². The highest BCUT2D eigenvalue weighted by molar-refractivity contribution is 6.31. The van der Waals surface area contributed by atoms with Crippen molar-refractivity contribution in [1.82, 2.24) is 25.3 Å². The number of carbonyl (C=O) groups excluding carboxylic acids is 3. The van der Waals surface area contributed by atoms with E-state index in [-0.39, 0.29) is 36.3 Å². The average Bonchev–Trinajstić information content (AvgIpc) is 3.15. The van der Waals surface area contributed by atoms with Crippen LogP contribution >= 0.6 is 11.6 Å². The molecule has 166 valence electrons. The minimum atomic E-state index is -1.10. The van der Waals surface area contributed by atoms with Crippen LogP contribution in [0.3, 0.4) is 0 Å². The minimum absolute atomic E-state index is 0.119. The van der Waals surface area contributed by atoms with Crippen molar-refractivity contribution in [2.45, 2.75) is 45.8 Å². The molecule has 1 aliphatic heterocycles. The van der Waals surface area contributed by atoms with Crippen LogP contribution in [0.2, 0.25) is 5.02 Å². The predicted molar refractivity (Wildman–Crippen MR) is 118 cm³/mol. The summed E-state index contributed by atoms with van der Waals surface area (Å²) >= 11 is 6.13. The van der Waals surface area contributed by atoms with Crippen LogP contribution in [0.15, 0.2) is 30.3 Å². The van der Waals surface area contributed by atoms with Crippen molar-refractivity contribution in [2.75, 3.05) is 13.6 Å². The number of aromatic nitrogens is 2. The van der Waals surface area contributed by atoms with Crippen LogP contribution in [0.5, 0.6) is 0 Å². The van der Waals surface area contributed by atoms with Crippen LogP contribution in [0, 0.1) is 5.92 Å². The average molecular weight is 446 g/mol. The zero-order valence-corrected chi connectivity index (χ0v) is 19.0. The summed E-state index contributed by atoms with van der Waals surface area (Å²) in [4.78, 5) is 39.8. The molecule has 0 aliphatic carbocycles. The number of rotatable bonds is 7. The van der Waals surface area contributed by atoms with Crippen molar-refractivity contribution in [3.05, 3.63) is 52.3 Å². The van der Waals surface area contributed by atoms with Crippen LogP contribution in [0.25, 0.3) is 0 Å². The molecule has 9 heteroatoms. The maximum absolute atomic E-state index is 12.9. The molecule has 0 spiro atoms. The number of nitrogens with zero attached hydrogens (tertiary/aromatic N) is 3. The van der Waals surface area contributed by atoms with Gasteiger partial charge in [-0.25, -0.2) is 0 Å². The zero-order valence-electron chi connectivity index (χ0n) is 18.2. The molecule has 2 heterocycles. The molecule has 1 aliphatic rings. The quantitative estimate of drug-likeness (QED) is 0.684. The van der Waals surface area contributed by atoms with E-state index in [0.29, 0.717) is 17.5 Å². The Morgan fingerprint density at radius 3 is 2.65 bits per heavy atom. The summed E-state index contributed by atoms with van der Waals surface area (Å²) in [6, 6.07) is 8.68. The molecule has 0 radical (unpaired) electrons. The molecule has 0 unspecified atom stereocenters. The molecule has 2 aromatic rings. The molecule has 1 aromatic carbocycles. The monoisotopic (exact) mass is 445 g/mol. The van der Waals surface area contributed by atoms with Crippen molar-refractivity contribution in [3.8, 4) is 0 Å². The second kappa shape index (κ2) is 9.09. The minimum Gasteiger partial charge on any atom is -0.354 e. The lowest BCUT2D eigenvalue weighted by Gasteiger charge is -2.40. The van der Waals surface area contributed by atoms with Gasteiger partial charge in [-0.3, -0.25) is 19.1 Å². The Hall–Kier alpha value is -2.87. The first-order valence-electron chi connectivity index (χ1n) is 10.3. The van der Waals surface area contributed by atoms with Gasteiger partial charge in [0.2, 0.25) is 5.91 Å². The van der Waals surface area contributed by atoms with Gasteiger partial charge in [-0.1, -0.05) is 43.6 Å². The topological polar surface area (TPSA) is 96.3 Å². The zero-order chi connectivity index (χ0) is 22.8. The van der Waals surface area contributed by atoms with Crippen molar-refractivity contribution in [1.29, 1.82) is 0 Å². The van der Waals surface area contributed by atoms with Crippen LogP contribution in [-0.4, -0.2) is 51.5 Å². The largest absolute Gasteiger partial charge is 0.354 e. The van der Waals surface area contributed by atoms with Crippen molar-refractivity contribution in [2.24, 2.45) is 5.92 Å². The number of hydrogen-bond donors (Lipinski definition) is 2. The molecular weight excluding hydrogens is 418 g/mol. The molecule has 0 saturated carbocycles. The van der Waals surface area contributed by atoms with E-state index in [1.165, 1.54) is 15.6 Å². The number of fused-ring (bicyclic) bond motifs is 1. The van der Waals surface area contributed by atoms with Crippen LogP contribution in [-0.2, 0) is 17.9 Å². The smallest absolute Gasteiger partial charge is 0.272 e. The van der Waals surface area contributed by atoms with E-state index in [2.05, 4.69) is 29.6 Å². The van der Waals surface area contributed by atoms with Gasteiger partial charge >= 0.3 is 0 Å². The fourth-order valence-electron chi connectivity index (χ4n) is 3.41. The van der Waals surface area contributed by atoms with Crippen LogP contribution in [0.4, 0.5) is 0 Å². The van der Waals surface area contributed by atoms with Crippen molar-refractivity contribution in [3.63, 3.8) is 0 Å². The first kappa shape index (κ1) is 22.8. The van der Waals surface area contributed by atoms with Gasteiger partial charge < -0.3 is 15.5 Å². The van der Waals surface area contributed by atoms with Gasteiger partial charge in [0, 0.05) is 31.2 Å². The number of nitrogens with one attached hydrogen (secondary N) is 2. The summed E-state index contributed by atoms with van der Waals surface area (Å²) < 4.78 is 1.44. The highest BCUT2D eigenvalue weighted by atomic mass is 35.5. The van der Waals surface area contributed by atoms with Gasteiger partial charge in [-0.15, -0.1) is 0 Å². The third-order valence-electron chi connectivity index (χ3n) is 5.63. The van der Waals surface area contributed by atoms with Gasteiger partial charge in [-0.05, 0) is 30.9 Å². The fourth-order valence-corrected chi connectivity index (χ4v) is 3.61. The maximum atomic E-state index is 12.9. The first-order chi connectivity index (χ1) is 14.6. The number of carbonyl (C=O) groups is 3. The lowest BCUT2D eigenvalue weighted by molar-refractivity contribution is -0.132. The molecule has 31 heavy (non-hydrogen) atoms. The van der Waals surface area contributed by atoms with Gasteiger partial charge in [0.15, 0.2) is 5.69 Å². The van der Waals surface area contributed by atoms with E-state index in [1.54, 1.807) is 20.0 Å². The van der Waals surface area contributed by atoms with Gasteiger partial charge in [-0.2, -0.15) is 5.10 Å². The summed E-state index contributed by atoms with van der Waals surface area (Å²) in [6.07, 6.45) is 0.849. The highest BCUT2D eigenvalue weighted by Crippen LogP contribution is 2.26. The predicted octanol–water partition coefficient (Wildman–Crippen LogP) is 2.47. The number of halogens is 1. The molecule has 0 fully saturated rings. The number of likely N-dealkylation sites (N-methyl/N-ethyl adjacent to an activating group) is 1. The third-order valence-corrected chi connectivity index (χ3v) is 6.00. The lowest BCUT2D eigenvalue weighted by Crippen LogP contribution is -2.62. The van der Waals surface area contributed by atoms with Gasteiger partial charge in [0.1, 0.15) is 11.2 Å². The SMILES string of the molecule is CC(C)CCNC(=O)[C@@]1(C)Cn2nc(C(=O)NCc3ccccc3Cl)cc2C(=O)N1C. The van der Waals surface area contributed by atoms with Gasteiger partial charge in [0.05, 0.1) is 6.54 Å². The molecular formula is C22H28ClN5O3. The molecule has 2 N–H and O–H groups in total. The van der Waals surface area contributed by atoms with Crippen LogP contribution < -0.4 is 10.6 Å². The summed E-state index contributed by atoms with van der Waals surface area (Å²) in [6.45, 7) is 6.81. The normalized spacial score (nSPS) is 18.1. The van der Waals surface area contributed by atoms with E-state index in [9.17, 15) is 14.4 Å². The first-order valence-corrected chi connectivity index (χ1v) is 10.7. The number of benzene rings is 1. The van der Waals surface area contributed by atoms with E-state index >= 15 is 0 Å². The molecule has 3 rings (SSSR count). The Morgan fingerprint density at radius 1 is 1.26 bits per heavy atom. The second-order valence-corrected chi connectivity index (χ2v) is 8.83. The molecule has 0 bridgehead atoms.